The van der Waals surface area contributed by atoms with E-state index in [1.54, 1.807) is 0 Å². The van der Waals surface area contributed by atoms with Gasteiger partial charge in [0.05, 0.1) is 6.04 Å². The molecule has 2 unspecified atom stereocenters. The predicted octanol–water partition coefficient (Wildman–Crippen LogP) is 3.10. The first kappa shape index (κ1) is 13.3. The van der Waals surface area contributed by atoms with Crippen LogP contribution >= 0.6 is 0 Å². The minimum atomic E-state index is 0.0270. The molecule has 1 aromatic carbocycles. The molecule has 1 N–H and O–H groups in total. The summed E-state index contributed by atoms with van der Waals surface area (Å²) in [4.78, 5) is 12.2. The number of rotatable bonds is 5. The van der Waals surface area contributed by atoms with Gasteiger partial charge in [-0.1, -0.05) is 51.0 Å². The molecule has 0 fully saturated rings. The van der Waals surface area contributed by atoms with Gasteiger partial charge < -0.3 is 5.32 Å². The molecule has 0 bridgehead atoms. The van der Waals surface area contributed by atoms with Crippen molar-refractivity contribution in [2.24, 2.45) is 5.92 Å². The Morgan fingerprint density at radius 2 is 2.11 bits per heavy atom. The highest BCUT2D eigenvalue weighted by molar-refractivity contribution is 5.84. The maximum absolute atomic E-state index is 12.2. The molecule has 2 nitrogen and oxygen atoms in total. The number of hydrogen-bond donors (Lipinski definition) is 1. The fourth-order valence-corrected chi connectivity index (χ4v) is 2.76. The van der Waals surface area contributed by atoms with E-state index in [2.05, 4.69) is 43.4 Å². The highest BCUT2D eigenvalue weighted by Crippen LogP contribution is 2.19. The Kier molecular flexibility index (Phi) is 4.54. The van der Waals surface area contributed by atoms with Crippen LogP contribution in [-0.4, -0.2) is 11.8 Å². The lowest BCUT2D eigenvalue weighted by molar-refractivity contribution is -0.122. The smallest absolute Gasteiger partial charge is 0.150 e. The van der Waals surface area contributed by atoms with E-state index >= 15 is 0 Å². The number of ketones is 1. The van der Waals surface area contributed by atoms with Crippen LogP contribution in [0.1, 0.15) is 44.2 Å². The van der Waals surface area contributed by atoms with Crippen LogP contribution in [-0.2, 0) is 17.8 Å². The van der Waals surface area contributed by atoms with Crippen LogP contribution in [0.2, 0.25) is 0 Å². The summed E-state index contributed by atoms with van der Waals surface area (Å²) < 4.78 is 0. The zero-order valence-corrected chi connectivity index (χ0v) is 11.4. The Balaban J connectivity index is 1.94. The SMILES string of the molecule is CCCC(C)CC(=O)C1Cc2ccccc2CN1. The summed E-state index contributed by atoms with van der Waals surface area (Å²) in [6.45, 7) is 5.18. The quantitative estimate of drug-likeness (QED) is 0.863. The van der Waals surface area contributed by atoms with Gasteiger partial charge in [0.25, 0.3) is 0 Å². The van der Waals surface area contributed by atoms with Crippen LogP contribution in [0.4, 0.5) is 0 Å². The second kappa shape index (κ2) is 6.14. The number of nitrogens with one attached hydrogen (secondary N) is 1. The van der Waals surface area contributed by atoms with E-state index in [4.69, 9.17) is 0 Å². The van der Waals surface area contributed by atoms with Crippen molar-refractivity contribution in [3.8, 4) is 0 Å². The third-order valence-electron chi connectivity index (χ3n) is 3.80. The largest absolute Gasteiger partial charge is 0.303 e. The van der Waals surface area contributed by atoms with Gasteiger partial charge in [0, 0.05) is 13.0 Å². The summed E-state index contributed by atoms with van der Waals surface area (Å²) >= 11 is 0. The average molecular weight is 245 g/mol. The van der Waals surface area contributed by atoms with Gasteiger partial charge in [-0.2, -0.15) is 0 Å². The van der Waals surface area contributed by atoms with Crippen LogP contribution in [0.25, 0.3) is 0 Å². The third kappa shape index (κ3) is 3.20. The molecule has 1 aliphatic heterocycles. The molecule has 0 saturated heterocycles. The Labute approximate surface area is 110 Å². The summed E-state index contributed by atoms with van der Waals surface area (Å²) in [7, 11) is 0. The third-order valence-corrected chi connectivity index (χ3v) is 3.80. The van der Waals surface area contributed by atoms with Gasteiger partial charge in [-0.05, 0) is 23.5 Å². The highest BCUT2D eigenvalue weighted by Gasteiger charge is 2.24. The van der Waals surface area contributed by atoms with Gasteiger partial charge in [0.2, 0.25) is 0 Å². The number of carbonyl (C=O) groups is 1. The summed E-state index contributed by atoms with van der Waals surface area (Å²) in [6.07, 6.45) is 3.88. The molecular weight excluding hydrogens is 222 g/mol. The molecule has 0 amide bonds. The molecule has 0 radical (unpaired) electrons. The molecule has 0 aliphatic carbocycles. The Bertz CT molecular complexity index is 413. The van der Waals surface area contributed by atoms with Crippen LogP contribution in [0.5, 0.6) is 0 Å². The van der Waals surface area contributed by atoms with Crippen molar-refractivity contribution in [2.75, 3.05) is 0 Å². The van der Waals surface area contributed by atoms with Crippen LogP contribution in [0, 0.1) is 5.92 Å². The van der Waals surface area contributed by atoms with Crippen molar-refractivity contribution in [1.82, 2.24) is 5.32 Å². The molecule has 0 saturated carbocycles. The van der Waals surface area contributed by atoms with E-state index in [0.29, 0.717) is 18.1 Å². The van der Waals surface area contributed by atoms with E-state index in [1.807, 2.05) is 0 Å². The normalized spacial score (nSPS) is 20.2. The van der Waals surface area contributed by atoms with Crippen LogP contribution in [0.3, 0.4) is 0 Å². The van der Waals surface area contributed by atoms with Crippen LogP contribution < -0.4 is 5.32 Å². The predicted molar refractivity (Wildman–Crippen MR) is 74.5 cm³/mol. The summed E-state index contributed by atoms with van der Waals surface area (Å²) in [5, 5.41) is 3.37. The fourth-order valence-electron chi connectivity index (χ4n) is 2.76. The van der Waals surface area contributed by atoms with Crippen molar-refractivity contribution >= 4 is 5.78 Å². The van der Waals surface area contributed by atoms with Crippen molar-refractivity contribution in [2.45, 2.75) is 52.1 Å². The topological polar surface area (TPSA) is 29.1 Å². The van der Waals surface area contributed by atoms with Gasteiger partial charge in [0.1, 0.15) is 5.78 Å². The summed E-state index contributed by atoms with van der Waals surface area (Å²) in [6, 6.07) is 8.44. The fraction of sp³-hybridized carbons (Fsp3) is 0.562. The zero-order valence-electron chi connectivity index (χ0n) is 11.4. The molecule has 98 valence electrons. The molecule has 2 atom stereocenters. The molecule has 18 heavy (non-hydrogen) atoms. The first-order valence-electron chi connectivity index (χ1n) is 7.03. The molecule has 1 heterocycles. The van der Waals surface area contributed by atoms with Gasteiger partial charge in [-0.25, -0.2) is 0 Å². The second-order valence-electron chi connectivity index (χ2n) is 5.47. The first-order valence-corrected chi connectivity index (χ1v) is 7.03. The van der Waals surface area contributed by atoms with Gasteiger partial charge in [-0.15, -0.1) is 0 Å². The number of carbonyl (C=O) groups excluding carboxylic acids is 1. The van der Waals surface area contributed by atoms with E-state index in [-0.39, 0.29) is 6.04 Å². The number of benzene rings is 1. The number of hydrogen-bond acceptors (Lipinski definition) is 2. The molecule has 1 aromatic rings. The van der Waals surface area contributed by atoms with Crippen molar-refractivity contribution in [3.63, 3.8) is 0 Å². The molecule has 2 rings (SSSR count). The maximum Gasteiger partial charge on any atom is 0.150 e. The monoisotopic (exact) mass is 245 g/mol. The molecule has 1 aliphatic rings. The Morgan fingerprint density at radius 1 is 1.39 bits per heavy atom. The lowest BCUT2D eigenvalue weighted by atomic mass is 9.89. The average Bonchev–Trinajstić information content (AvgIpc) is 2.38. The van der Waals surface area contributed by atoms with E-state index in [1.165, 1.54) is 11.1 Å². The Morgan fingerprint density at radius 3 is 2.83 bits per heavy atom. The molecule has 0 spiro atoms. The van der Waals surface area contributed by atoms with E-state index in [0.717, 1.165) is 25.8 Å². The van der Waals surface area contributed by atoms with E-state index < -0.39 is 0 Å². The molecule has 2 heteroatoms. The van der Waals surface area contributed by atoms with Crippen LogP contribution in [0.15, 0.2) is 24.3 Å². The minimum Gasteiger partial charge on any atom is -0.303 e. The Hall–Kier alpha value is -1.15. The zero-order chi connectivity index (χ0) is 13.0. The molecule has 0 aromatic heterocycles. The van der Waals surface area contributed by atoms with E-state index in [9.17, 15) is 4.79 Å². The summed E-state index contributed by atoms with van der Waals surface area (Å²) in [5.74, 6) is 0.895. The standard InChI is InChI=1S/C16H23NO/c1-3-6-12(2)9-16(18)15-10-13-7-4-5-8-14(13)11-17-15/h4-5,7-8,12,15,17H,3,6,9-11H2,1-2H3. The highest BCUT2D eigenvalue weighted by atomic mass is 16.1. The second-order valence-corrected chi connectivity index (χ2v) is 5.47. The van der Waals surface area contributed by atoms with Gasteiger partial charge in [0.15, 0.2) is 0 Å². The first-order chi connectivity index (χ1) is 8.70. The van der Waals surface area contributed by atoms with Gasteiger partial charge in [-0.3, -0.25) is 4.79 Å². The molecular formula is C16H23NO. The van der Waals surface area contributed by atoms with Crippen molar-refractivity contribution in [3.05, 3.63) is 35.4 Å². The summed E-state index contributed by atoms with van der Waals surface area (Å²) in [5.41, 5.74) is 2.67. The van der Waals surface area contributed by atoms with Gasteiger partial charge >= 0.3 is 0 Å². The number of fused-ring (bicyclic) bond motifs is 1. The minimum absolute atomic E-state index is 0.0270. The lowest BCUT2D eigenvalue weighted by Gasteiger charge is -2.26. The lowest BCUT2D eigenvalue weighted by Crippen LogP contribution is -2.42. The van der Waals surface area contributed by atoms with Crippen molar-refractivity contribution in [1.29, 1.82) is 0 Å². The maximum atomic E-state index is 12.2. The van der Waals surface area contributed by atoms with Crippen molar-refractivity contribution < 1.29 is 4.79 Å². The number of Topliss-reactive ketones (excluding diaryl/α,β-unsaturated/α-hetero) is 1.